The zero-order valence-electron chi connectivity index (χ0n) is 23.5. The number of aliphatic imine (C=N–C) groups is 1. The van der Waals surface area contributed by atoms with Crippen LogP contribution >= 0.6 is 0 Å². The van der Waals surface area contributed by atoms with Crippen molar-refractivity contribution in [3.63, 3.8) is 0 Å². The van der Waals surface area contributed by atoms with Crippen LogP contribution in [0.5, 0.6) is 11.5 Å². The van der Waals surface area contributed by atoms with Crippen molar-refractivity contribution in [1.29, 1.82) is 0 Å². The van der Waals surface area contributed by atoms with E-state index in [9.17, 15) is 19.5 Å². The second-order valence-electron chi connectivity index (χ2n) is 10.6. The minimum Gasteiger partial charge on any atom is -0.508 e. The van der Waals surface area contributed by atoms with E-state index in [-0.39, 0.29) is 48.4 Å². The number of carbonyl (C=O) groups excluding carboxylic acids is 3. The minimum atomic E-state index is -0.792. The molecular weight excluding hydrogens is 500 g/mol. The molecule has 1 aromatic carbocycles. The van der Waals surface area contributed by atoms with E-state index >= 15 is 0 Å². The number of hydrogen-bond acceptors (Lipinski definition) is 6. The van der Waals surface area contributed by atoms with Gasteiger partial charge in [0.25, 0.3) is 0 Å². The molecule has 3 amide bonds. The largest absolute Gasteiger partial charge is 0.508 e. The Bertz CT molecular complexity index is 1050. The molecule has 1 aliphatic rings. The lowest BCUT2D eigenvalue weighted by molar-refractivity contribution is -0.132. The Morgan fingerprint density at radius 1 is 1.00 bits per heavy atom. The van der Waals surface area contributed by atoms with Crippen molar-refractivity contribution in [2.45, 2.75) is 71.9 Å². The fraction of sp³-hybridized carbons (Fsp3) is 0.571. The number of hydrogen-bond donors (Lipinski definition) is 6. The summed E-state index contributed by atoms with van der Waals surface area (Å²) in [6.45, 7) is 9.11. The van der Waals surface area contributed by atoms with Crippen LogP contribution in [0.15, 0.2) is 29.3 Å². The lowest BCUT2D eigenvalue weighted by Gasteiger charge is -2.25. The van der Waals surface area contributed by atoms with Crippen LogP contribution < -0.4 is 32.2 Å². The molecule has 0 saturated heterocycles. The van der Waals surface area contributed by atoms with Gasteiger partial charge in [-0.25, -0.2) is 0 Å². The number of fused-ring (bicyclic) bond motifs is 1. The first-order valence-corrected chi connectivity index (χ1v) is 13.5. The molecule has 8 N–H and O–H groups in total. The van der Waals surface area contributed by atoms with E-state index in [1.165, 1.54) is 12.1 Å². The van der Waals surface area contributed by atoms with Crippen molar-refractivity contribution in [3.05, 3.63) is 29.8 Å². The number of nitrogens with one attached hydrogen (secondary N) is 3. The Balaban J connectivity index is 2.01. The Hall–Kier alpha value is -3.76. The third-order valence-electron chi connectivity index (χ3n) is 6.11. The van der Waals surface area contributed by atoms with Gasteiger partial charge in [0.2, 0.25) is 17.7 Å². The number of phenolic OH excluding ortho intramolecular Hbond substituents is 1. The Labute approximate surface area is 230 Å². The van der Waals surface area contributed by atoms with Gasteiger partial charge in [-0.15, -0.1) is 0 Å². The van der Waals surface area contributed by atoms with Gasteiger partial charge in [-0.05, 0) is 61.3 Å². The molecule has 1 aliphatic heterocycles. The van der Waals surface area contributed by atoms with Crippen molar-refractivity contribution >= 4 is 29.3 Å². The van der Waals surface area contributed by atoms with Crippen molar-refractivity contribution < 1.29 is 24.2 Å². The molecule has 39 heavy (non-hydrogen) atoms. The number of benzene rings is 1. The number of rotatable bonds is 15. The zero-order valence-corrected chi connectivity index (χ0v) is 23.5. The van der Waals surface area contributed by atoms with Crippen LogP contribution in [-0.2, 0) is 14.4 Å². The van der Waals surface area contributed by atoms with Crippen LogP contribution in [0.1, 0.15) is 65.4 Å². The molecule has 11 heteroatoms. The summed E-state index contributed by atoms with van der Waals surface area (Å²) in [6, 6.07) is 3.24. The van der Waals surface area contributed by atoms with Crippen LogP contribution in [0.25, 0.3) is 5.57 Å². The number of nitrogens with zero attached hydrogens (tertiary/aromatic N) is 1. The zero-order chi connectivity index (χ0) is 28.9. The Kier molecular flexibility index (Phi) is 12.6. The maximum absolute atomic E-state index is 13.3. The molecule has 11 nitrogen and oxygen atoms in total. The highest BCUT2D eigenvalue weighted by Crippen LogP contribution is 2.34. The molecule has 216 valence electrons. The van der Waals surface area contributed by atoms with Gasteiger partial charge in [-0.3, -0.25) is 19.4 Å². The topological polar surface area (TPSA) is 181 Å². The van der Waals surface area contributed by atoms with Crippen molar-refractivity contribution in [2.75, 3.05) is 19.7 Å². The summed E-state index contributed by atoms with van der Waals surface area (Å²) in [6.07, 6.45) is 4.17. The normalized spacial score (nSPS) is 13.9. The van der Waals surface area contributed by atoms with Crippen molar-refractivity contribution in [3.8, 4) is 11.5 Å². The number of amides is 3. The van der Waals surface area contributed by atoms with Crippen LogP contribution in [0.4, 0.5) is 0 Å². The summed E-state index contributed by atoms with van der Waals surface area (Å²) in [5.41, 5.74) is 12.1. The van der Waals surface area contributed by atoms with Gasteiger partial charge in [0.1, 0.15) is 30.2 Å². The van der Waals surface area contributed by atoms with Crippen molar-refractivity contribution in [1.82, 2.24) is 16.0 Å². The fourth-order valence-electron chi connectivity index (χ4n) is 4.28. The molecule has 1 aromatic rings. The fourth-order valence-corrected chi connectivity index (χ4v) is 4.28. The quantitative estimate of drug-likeness (QED) is 0.111. The molecule has 1 unspecified atom stereocenters. The van der Waals surface area contributed by atoms with E-state index in [1.807, 2.05) is 33.8 Å². The van der Waals surface area contributed by atoms with Crippen LogP contribution in [0.3, 0.4) is 0 Å². The molecule has 0 radical (unpaired) electrons. The first kappa shape index (κ1) is 31.5. The average Bonchev–Trinajstić information content (AvgIpc) is 2.84. The third-order valence-corrected chi connectivity index (χ3v) is 6.11. The molecule has 0 saturated carbocycles. The maximum atomic E-state index is 13.3. The number of ether oxygens (including phenoxy) is 1. The summed E-state index contributed by atoms with van der Waals surface area (Å²) < 4.78 is 5.56. The second kappa shape index (κ2) is 15.6. The Morgan fingerprint density at radius 2 is 1.67 bits per heavy atom. The van der Waals surface area contributed by atoms with Crippen LogP contribution in [0.2, 0.25) is 0 Å². The number of nitrogens with two attached hydrogens (primary N) is 2. The highest BCUT2D eigenvalue weighted by atomic mass is 16.5. The molecule has 0 fully saturated rings. The number of unbranched alkanes of at least 4 members (excludes halogenated alkanes) is 1. The van der Waals surface area contributed by atoms with Gasteiger partial charge in [-0.1, -0.05) is 27.7 Å². The minimum absolute atomic E-state index is 0.0383. The Morgan fingerprint density at radius 3 is 2.31 bits per heavy atom. The van der Waals surface area contributed by atoms with Crippen molar-refractivity contribution in [2.24, 2.45) is 28.3 Å². The molecule has 2 rings (SSSR count). The smallest absolute Gasteiger partial charge is 0.243 e. The van der Waals surface area contributed by atoms with Gasteiger partial charge < -0.3 is 37.3 Å². The lowest BCUT2D eigenvalue weighted by Crippen LogP contribution is -2.54. The summed E-state index contributed by atoms with van der Waals surface area (Å²) in [5, 5.41) is 18.3. The van der Waals surface area contributed by atoms with Gasteiger partial charge >= 0.3 is 0 Å². The molecule has 1 heterocycles. The summed E-state index contributed by atoms with van der Waals surface area (Å²) >= 11 is 0. The lowest BCUT2D eigenvalue weighted by atomic mass is 9.97. The number of guanidine groups is 1. The number of phenols is 1. The monoisotopic (exact) mass is 544 g/mol. The number of carbonyl (C=O) groups is 3. The van der Waals surface area contributed by atoms with Gasteiger partial charge in [0.15, 0.2) is 5.96 Å². The van der Waals surface area contributed by atoms with E-state index in [0.717, 1.165) is 17.6 Å². The average molecular weight is 545 g/mol. The molecule has 0 aliphatic carbocycles. The van der Waals surface area contributed by atoms with E-state index in [0.29, 0.717) is 38.1 Å². The SMILES string of the molecule is CC(C)CC(NC(=O)[C@H](CC(C)C)NC(=O)CC1=CCOc2cc(O)ccc21)C(=O)NCCCCN=C(N)N. The second-order valence-corrected chi connectivity index (χ2v) is 10.6. The predicted molar refractivity (Wildman–Crippen MR) is 152 cm³/mol. The third kappa shape index (κ3) is 11.3. The molecule has 0 bridgehead atoms. The molecule has 0 aromatic heterocycles. The van der Waals surface area contributed by atoms with E-state index in [2.05, 4.69) is 20.9 Å². The van der Waals surface area contributed by atoms with Gasteiger partial charge in [0.05, 0.1) is 6.42 Å². The summed E-state index contributed by atoms with van der Waals surface area (Å²) in [5.74, 6) is -0.0344. The number of aromatic hydroxyl groups is 1. The highest BCUT2D eigenvalue weighted by molar-refractivity contribution is 5.95. The summed E-state index contributed by atoms with van der Waals surface area (Å²) in [7, 11) is 0. The molecule has 0 spiro atoms. The molecule has 2 atom stereocenters. The summed E-state index contributed by atoms with van der Waals surface area (Å²) in [4.78, 5) is 43.2. The van der Waals surface area contributed by atoms with E-state index in [1.54, 1.807) is 6.07 Å². The van der Waals surface area contributed by atoms with E-state index < -0.39 is 18.0 Å². The van der Waals surface area contributed by atoms with Gasteiger partial charge in [0, 0.05) is 24.7 Å². The maximum Gasteiger partial charge on any atom is 0.243 e. The van der Waals surface area contributed by atoms with Gasteiger partial charge in [-0.2, -0.15) is 0 Å². The standard InChI is InChI=1S/C28H44N6O5/c1-17(2)13-22(26(37)31-10-5-6-11-32-28(29)30)34-27(38)23(14-18(3)4)33-25(36)15-19-9-12-39-24-16-20(35)7-8-21(19)24/h7-9,16-18,22-23,35H,5-6,10-15H2,1-4H3,(H,31,37)(H,33,36)(H,34,38)(H4,29,30,32)/t22?,23-/m0/s1. The van der Waals surface area contributed by atoms with Crippen LogP contribution in [-0.4, -0.2) is 60.6 Å². The first-order chi connectivity index (χ1) is 18.5. The van der Waals surface area contributed by atoms with Crippen LogP contribution in [0, 0.1) is 11.8 Å². The highest BCUT2D eigenvalue weighted by Gasteiger charge is 2.28. The molecular formula is C28H44N6O5. The predicted octanol–water partition coefficient (Wildman–Crippen LogP) is 1.79. The first-order valence-electron chi connectivity index (χ1n) is 13.5. The van der Waals surface area contributed by atoms with E-state index in [4.69, 9.17) is 16.2 Å².